The number of carbonyl (C=O) groups excluding carboxylic acids is 2. The Morgan fingerprint density at radius 1 is 1.19 bits per heavy atom. The van der Waals surface area contributed by atoms with Crippen LogP contribution in [-0.2, 0) is 9.59 Å². The Hall–Kier alpha value is -2.04. The van der Waals surface area contributed by atoms with Crippen LogP contribution in [0, 0.1) is 12.8 Å². The Morgan fingerprint density at radius 2 is 1.89 bits per heavy atom. The molecule has 1 unspecified atom stereocenters. The first-order chi connectivity index (χ1) is 13.0. The maximum atomic E-state index is 12.6. The second-order valence-corrected chi connectivity index (χ2v) is 7.89. The maximum Gasteiger partial charge on any atom is 0.227 e. The van der Waals surface area contributed by atoms with Crippen LogP contribution in [0.4, 0.5) is 11.4 Å². The van der Waals surface area contributed by atoms with Gasteiger partial charge < -0.3 is 15.1 Å². The van der Waals surface area contributed by atoms with Crippen LogP contribution in [0.3, 0.4) is 0 Å². The second-order valence-electron chi connectivity index (χ2n) is 7.89. The second kappa shape index (κ2) is 8.77. The lowest BCUT2D eigenvalue weighted by molar-refractivity contribution is -0.127. The molecule has 0 spiro atoms. The Labute approximate surface area is 163 Å². The van der Waals surface area contributed by atoms with E-state index in [2.05, 4.69) is 36.2 Å². The fourth-order valence-electron chi connectivity index (χ4n) is 4.41. The fourth-order valence-corrected chi connectivity index (χ4v) is 4.41. The predicted molar refractivity (Wildman–Crippen MR) is 110 cm³/mol. The highest BCUT2D eigenvalue weighted by atomic mass is 16.2. The molecule has 27 heavy (non-hydrogen) atoms. The van der Waals surface area contributed by atoms with Crippen molar-refractivity contribution in [3.8, 4) is 0 Å². The number of rotatable bonds is 6. The van der Waals surface area contributed by atoms with Gasteiger partial charge in [0.25, 0.3) is 0 Å². The van der Waals surface area contributed by atoms with Crippen molar-refractivity contribution >= 4 is 23.2 Å². The molecule has 5 nitrogen and oxygen atoms in total. The molecule has 1 aliphatic heterocycles. The highest BCUT2D eigenvalue weighted by Crippen LogP contribution is 2.31. The minimum Gasteiger partial charge on any atom is -0.372 e. The van der Waals surface area contributed by atoms with Crippen LogP contribution in [0.25, 0.3) is 0 Å². The zero-order chi connectivity index (χ0) is 19.4. The highest BCUT2D eigenvalue weighted by molar-refractivity contribution is 6.01. The molecule has 1 heterocycles. The van der Waals surface area contributed by atoms with E-state index in [1.807, 2.05) is 13.0 Å². The largest absolute Gasteiger partial charge is 0.372 e. The van der Waals surface area contributed by atoms with Gasteiger partial charge in [0.2, 0.25) is 11.8 Å². The van der Waals surface area contributed by atoms with Crippen LogP contribution in [0.2, 0.25) is 0 Å². The third-order valence-electron chi connectivity index (χ3n) is 6.05. The third-order valence-corrected chi connectivity index (χ3v) is 6.05. The van der Waals surface area contributed by atoms with E-state index < -0.39 is 0 Å². The van der Waals surface area contributed by atoms with Crippen molar-refractivity contribution in [3.63, 3.8) is 0 Å². The Kier molecular flexibility index (Phi) is 6.40. The molecular weight excluding hydrogens is 338 g/mol. The van der Waals surface area contributed by atoms with Gasteiger partial charge in [-0.25, -0.2) is 0 Å². The summed E-state index contributed by atoms with van der Waals surface area (Å²) < 4.78 is 0. The normalized spacial score (nSPS) is 20.8. The number of benzene rings is 1. The summed E-state index contributed by atoms with van der Waals surface area (Å²) in [4.78, 5) is 29.3. The Morgan fingerprint density at radius 3 is 2.52 bits per heavy atom. The van der Waals surface area contributed by atoms with Gasteiger partial charge in [0.1, 0.15) is 0 Å². The lowest BCUT2D eigenvalue weighted by Gasteiger charge is -2.25. The number of carbonyl (C=O) groups is 2. The number of nitrogens with zero attached hydrogens (tertiary/aromatic N) is 2. The summed E-state index contributed by atoms with van der Waals surface area (Å²) in [7, 11) is 0. The van der Waals surface area contributed by atoms with E-state index in [0.29, 0.717) is 19.0 Å². The highest BCUT2D eigenvalue weighted by Gasteiger charge is 2.36. The number of hydrogen-bond acceptors (Lipinski definition) is 3. The third kappa shape index (κ3) is 4.45. The lowest BCUT2D eigenvalue weighted by atomic mass is 9.95. The molecule has 2 amide bonds. The molecule has 1 saturated carbocycles. The van der Waals surface area contributed by atoms with Gasteiger partial charge in [0, 0.05) is 43.5 Å². The van der Waals surface area contributed by atoms with E-state index in [1.54, 1.807) is 4.90 Å². The predicted octanol–water partition coefficient (Wildman–Crippen LogP) is 3.64. The van der Waals surface area contributed by atoms with Gasteiger partial charge in [0.15, 0.2) is 0 Å². The summed E-state index contributed by atoms with van der Waals surface area (Å²) in [6.07, 6.45) is 6.11. The first-order valence-corrected chi connectivity index (χ1v) is 10.5. The molecule has 3 rings (SSSR count). The van der Waals surface area contributed by atoms with Gasteiger partial charge in [-0.15, -0.1) is 0 Å². The van der Waals surface area contributed by atoms with Crippen LogP contribution in [0.15, 0.2) is 18.2 Å². The number of amides is 2. The standard InChI is InChI=1S/C22H33N3O2/c1-4-24(5-2)19-11-12-20(16(3)13-19)25-15-17(14-21(25)26)22(27)23-18-9-7-6-8-10-18/h11-13,17-18H,4-10,14-15H2,1-3H3,(H,23,27). The number of aryl methyl sites for hydroxylation is 1. The molecule has 2 fully saturated rings. The zero-order valence-corrected chi connectivity index (χ0v) is 17.0. The van der Waals surface area contributed by atoms with Crippen molar-refractivity contribution < 1.29 is 9.59 Å². The van der Waals surface area contributed by atoms with Gasteiger partial charge >= 0.3 is 0 Å². The van der Waals surface area contributed by atoms with Crippen molar-refractivity contribution in [2.45, 2.75) is 65.3 Å². The van der Waals surface area contributed by atoms with Crippen molar-refractivity contribution in [1.29, 1.82) is 0 Å². The van der Waals surface area contributed by atoms with Gasteiger partial charge in [-0.2, -0.15) is 0 Å². The van der Waals surface area contributed by atoms with Crippen molar-refractivity contribution in [2.24, 2.45) is 5.92 Å². The topological polar surface area (TPSA) is 52.6 Å². The SMILES string of the molecule is CCN(CC)c1ccc(N2CC(C(=O)NC3CCCCC3)CC2=O)c(C)c1. The van der Waals surface area contributed by atoms with E-state index in [1.165, 1.54) is 24.9 Å². The molecular formula is C22H33N3O2. The summed E-state index contributed by atoms with van der Waals surface area (Å²) in [6.45, 7) is 8.75. The molecule has 2 aliphatic rings. The van der Waals surface area contributed by atoms with Crippen LogP contribution in [0.1, 0.15) is 57.9 Å². The smallest absolute Gasteiger partial charge is 0.227 e. The molecule has 0 aromatic heterocycles. The molecule has 1 atom stereocenters. The minimum absolute atomic E-state index is 0.0511. The van der Waals surface area contributed by atoms with E-state index in [9.17, 15) is 9.59 Å². The maximum absolute atomic E-state index is 12.6. The fraction of sp³-hybridized carbons (Fsp3) is 0.636. The quantitative estimate of drug-likeness (QED) is 0.830. The molecule has 5 heteroatoms. The van der Waals surface area contributed by atoms with E-state index in [0.717, 1.165) is 37.2 Å². The van der Waals surface area contributed by atoms with Gasteiger partial charge in [-0.05, 0) is 57.4 Å². The zero-order valence-electron chi connectivity index (χ0n) is 17.0. The minimum atomic E-state index is -0.235. The Balaban J connectivity index is 1.67. The monoisotopic (exact) mass is 371 g/mol. The number of hydrogen-bond donors (Lipinski definition) is 1. The van der Waals surface area contributed by atoms with Crippen LogP contribution < -0.4 is 15.1 Å². The average molecular weight is 372 g/mol. The molecule has 1 aromatic rings. The summed E-state index contributed by atoms with van der Waals surface area (Å²) in [6, 6.07) is 6.55. The molecule has 148 valence electrons. The van der Waals surface area contributed by atoms with Crippen LogP contribution in [0.5, 0.6) is 0 Å². The summed E-state index contributed by atoms with van der Waals surface area (Å²) in [5.74, 6) is -0.131. The molecule has 0 radical (unpaired) electrons. The van der Waals surface area contributed by atoms with Crippen molar-refractivity contribution in [3.05, 3.63) is 23.8 Å². The number of nitrogens with one attached hydrogen (secondary N) is 1. The van der Waals surface area contributed by atoms with E-state index >= 15 is 0 Å². The first-order valence-electron chi connectivity index (χ1n) is 10.5. The Bertz CT molecular complexity index is 678. The molecule has 1 aromatic carbocycles. The number of anilines is 2. The van der Waals surface area contributed by atoms with Crippen LogP contribution >= 0.6 is 0 Å². The molecule has 0 bridgehead atoms. The summed E-state index contributed by atoms with van der Waals surface area (Å²) in [5.41, 5.74) is 3.20. The molecule has 1 saturated heterocycles. The summed E-state index contributed by atoms with van der Waals surface area (Å²) >= 11 is 0. The van der Waals surface area contributed by atoms with Crippen molar-refractivity contribution in [1.82, 2.24) is 5.32 Å². The van der Waals surface area contributed by atoms with E-state index in [-0.39, 0.29) is 17.7 Å². The van der Waals surface area contributed by atoms with Crippen LogP contribution in [-0.4, -0.2) is 37.5 Å². The van der Waals surface area contributed by atoms with Gasteiger partial charge in [0.05, 0.1) is 5.92 Å². The van der Waals surface area contributed by atoms with Gasteiger partial charge in [-0.3, -0.25) is 9.59 Å². The average Bonchev–Trinajstić information content (AvgIpc) is 3.05. The summed E-state index contributed by atoms with van der Waals surface area (Å²) in [5, 5.41) is 3.18. The molecule has 1 aliphatic carbocycles. The van der Waals surface area contributed by atoms with Crippen molar-refractivity contribution in [2.75, 3.05) is 29.4 Å². The lowest BCUT2D eigenvalue weighted by Crippen LogP contribution is -2.40. The molecule has 1 N–H and O–H groups in total. The first kappa shape index (κ1) is 19.7. The van der Waals surface area contributed by atoms with Gasteiger partial charge in [-0.1, -0.05) is 19.3 Å². The van der Waals surface area contributed by atoms with E-state index in [4.69, 9.17) is 0 Å².